The first-order chi connectivity index (χ1) is 19.2. The molecule has 0 radical (unpaired) electrons. The fourth-order valence-electron chi connectivity index (χ4n) is 4.90. The van der Waals surface area contributed by atoms with Gasteiger partial charge in [0.25, 0.3) is 0 Å². The molecule has 2 heterocycles. The average molecular weight is 519 g/mol. The fourth-order valence-corrected chi connectivity index (χ4v) is 4.90. The van der Waals surface area contributed by atoms with Crippen LogP contribution in [0.2, 0.25) is 0 Å². The van der Waals surface area contributed by atoms with Gasteiger partial charge in [0.15, 0.2) is 0 Å². The number of ether oxygens (including phenoxy) is 2. The summed E-state index contributed by atoms with van der Waals surface area (Å²) in [5.41, 5.74) is 4.18. The second kappa shape index (κ2) is 11.9. The minimum atomic E-state index is -0.797. The number of anilines is 1. The monoisotopic (exact) mass is 518 g/mol. The normalized spacial score (nSPS) is 11.3. The standard InChI is InChI=1S/C33H34N4O2/c1-4-6-24-39-31-30-23-20-28(13-5-2)37(30)36-32(34-31)35-33(25-14-9-7-10-15-25,26-16-11-8-12-17-26)27-18-21-29(38-3)22-19-27/h5,7-12,14-23H,2,4,6,13,24H2,1,3H3,(H,35,36). The summed E-state index contributed by atoms with van der Waals surface area (Å²) in [5.74, 6) is 1.81. The second-order valence-corrected chi connectivity index (χ2v) is 9.39. The Bertz CT molecular complexity index is 1470. The van der Waals surface area contributed by atoms with Crippen molar-refractivity contribution in [2.75, 3.05) is 19.0 Å². The second-order valence-electron chi connectivity index (χ2n) is 9.39. The smallest absolute Gasteiger partial charge is 0.245 e. The molecule has 198 valence electrons. The van der Waals surface area contributed by atoms with Gasteiger partial charge >= 0.3 is 0 Å². The third-order valence-electron chi connectivity index (χ3n) is 6.88. The van der Waals surface area contributed by atoms with Crippen LogP contribution in [-0.4, -0.2) is 28.3 Å². The van der Waals surface area contributed by atoms with Gasteiger partial charge in [-0.3, -0.25) is 0 Å². The summed E-state index contributed by atoms with van der Waals surface area (Å²) in [5, 5.41) is 8.75. The van der Waals surface area contributed by atoms with Gasteiger partial charge in [-0.25, -0.2) is 4.52 Å². The van der Waals surface area contributed by atoms with E-state index in [4.69, 9.17) is 19.6 Å². The lowest BCUT2D eigenvalue weighted by molar-refractivity contribution is 0.299. The molecule has 0 unspecified atom stereocenters. The van der Waals surface area contributed by atoms with Crippen LogP contribution in [0, 0.1) is 0 Å². The first-order valence-electron chi connectivity index (χ1n) is 13.4. The van der Waals surface area contributed by atoms with Crippen molar-refractivity contribution in [3.05, 3.63) is 132 Å². The Labute approximate surface area is 230 Å². The minimum absolute atomic E-state index is 0.457. The number of rotatable bonds is 12. The molecule has 39 heavy (non-hydrogen) atoms. The first kappa shape index (κ1) is 26.0. The van der Waals surface area contributed by atoms with Crippen LogP contribution in [0.25, 0.3) is 5.52 Å². The lowest BCUT2D eigenvalue weighted by atomic mass is 9.77. The van der Waals surface area contributed by atoms with Gasteiger partial charge in [-0.2, -0.15) is 4.98 Å². The summed E-state index contributed by atoms with van der Waals surface area (Å²) < 4.78 is 13.6. The van der Waals surface area contributed by atoms with Crippen LogP contribution >= 0.6 is 0 Å². The van der Waals surface area contributed by atoms with Gasteiger partial charge in [0.05, 0.1) is 13.7 Å². The molecule has 0 aliphatic rings. The highest BCUT2D eigenvalue weighted by atomic mass is 16.5. The van der Waals surface area contributed by atoms with Gasteiger partial charge in [-0.05, 0) is 47.4 Å². The van der Waals surface area contributed by atoms with Crippen molar-refractivity contribution < 1.29 is 9.47 Å². The lowest BCUT2D eigenvalue weighted by Gasteiger charge is -2.37. The Balaban J connectivity index is 1.74. The molecule has 5 rings (SSSR count). The maximum Gasteiger partial charge on any atom is 0.245 e. The van der Waals surface area contributed by atoms with Crippen LogP contribution in [-0.2, 0) is 12.0 Å². The van der Waals surface area contributed by atoms with Gasteiger partial charge in [-0.15, -0.1) is 11.7 Å². The zero-order valence-corrected chi connectivity index (χ0v) is 22.5. The van der Waals surface area contributed by atoms with Crippen molar-refractivity contribution in [3.8, 4) is 11.6 Å². The van der Waals surface area contributed by atoms with Crippen molar-refractivity contribution in [2.45, 2.75) is 31.7 Å². The number of hydrogen-bond donors (Lipinski definition) is 1. The van der Waals surface area contributed by atoms with Crippen LogP contribution in [0.15, 0.2) is 110 Å². The van der Waals surface area contributed by atoms with Gasteiger partial charge in [0.2, 0.25) is 11.8 Å². The van der Waals surface area contributed by atoms with Crippen molar-refractivity contribution in [2.24, 2.45) is 0 Å². The van der Waals surface area contributed by atoms with Crippen LogP contribution < -0.4 is 14.8 Å². The SMILES string of the molecule is C=CCc1ccc2c(OCCCC)nc(NC(c3ccccc3)(c3ccccc3)c3ccc(OC)cc3)nn12. The van der Waals surface area contributed by atoms with E-state index in [0.29, 0.717) is 24.9 Å². The number of hydrogen-bond acceptors (Lipinski definition) is 5. The molecule has 0 atom stereocenters. The molecule has 6 heteroatoms. The first-order valence-corrected chi connectivity index (χ1v) is 13.4. The Morgan fingerprint density at radius 2 is 1.51 bits per heavy atom. The summed E-state index contributed by atoms with van der Waals surface area (Å²) in [7, 11) is 1.68. The molecular weight excluding hydrogens is 484 g/mol. The zero-order chi connectivity index (χ0) is 27.1. The number of nitrogens with one attached hydrogen (secondary N) is 1. The molecule has 5 aromatic rings. The molecule has 1 N–H and O–H groups in total. The predicted octanol–water partition coefficient (Wildman–Crippen LogP) is 7.05. The Morgan fingerprint density at radius 1 is 0.872 bits per heavy atom. The summed E-state index contributed by atoms with van der Waals surface area (Å²) in [4.78, 5) is 4.93. The molecule has 2 aromatic heterocycles. The van der Waals surface area contributed by atoms with Crippen molar-refractivity contribution in [3.63, 3.8) is 0 Å². The third-order valence-corrected chi connectivity index (χ3v) is 6.88. The summed E-state index contributed by atoms with van der Waals surface area (Å²) >= 11 is 0. The van der Waals surface area contributed by atoms with E-state index in [1.54, 1.807) is 7.11 Å². The van der Waals surface area contributed by atoms with Crippen molar-refractivity contribution in [1.82, 2.24) is 14.6 Å². The molecule has 0 aliphatic heterocycles. The number of benzene rings is 3. The number of aromatic nitrogens is 3. The van der Waals surface area contributed by atoms with Crippen molar-refractivity contribution >= 4 is 11.5 Å². The molecule has 0 amide bonds. The molecule has 3 aromatic carbocycles. The van der Waals surface area contributed by atoms with E-state index in [1.165, 1.54) is 0 Å². The number of nitrogens with zero attached hydrogens (tertiary/aromatic N) is 3. The highest BCUT2D eigenvalue weighted by molar-refractivity contribution is 5.62. The quantitative estimate of drug-likeness (QED) is 0.109. The third kappa shape index (κ3) is 5.23. The Kier molecular flexibility index (Phi) is 7.92. The summed E-state index contributed by atoms with van der Waals surface area (Å²) in [6.45, 7) is 6.66. The number of allylic oxidation sites excluding steroid dienone is 1. The molecule has 0 aliphatic carbocycles. The largest absolute Gasteiger partial charge is 0.497 e. The van der Waals surface area contributed by atoms with Gasteiger partial charge < -0.3 is 14.8 Å². The van der Waals surface area contributed by atoms with Gasteiger partial charge in [0.1, 0.15) is 16.8 Å². The number of unbranched alkanes of at least 4 members (excludes halogenated alkanes) is 1. The highest BCUT2D eigenvalue weighted by Crippen LogP contribution is 2.40. The fraction of sp³-hybridized carbons (Fsp3) is 0.212. The van der Waals surface area contributed by atoms with E-state index in [9.17, 15) is 0 Å². The van der Waals surface area contributed by atoms with Crippen LogP contribution in [0.5, 0.6) is 11.6 Å². The predicted molar refractivity (Wildman–Crippen MR) is 157 cm³/mol. The highest BCUT2D eigenvalue weighted by Gasteiger charge is 2.37. The van der Waals surface area contributed by atoms with Crippen LogP contribution in [0.3, 0.4) is 0 Å². The number of methoxy groups -OCH3 is 1. The zero-order valence-electron chi connectivity index (χ0n) is 22.5. The Morgan fingerprint density at radius 3 is 2.10 bits per heavy atom. The molecule has 0 fully saturated rings. The van der Waals surface area contributed by atoms with E-state index in [2.05, 4.69) is 79.5 Å². The lowest BCUT2D eigenvalue weighted by Crippen LogP contribution is -2.39. The van der Waals surface area contributed by atoms with Crippen LogP contribution in [0.4, 0.5) is 5.95 Å². The molecular formula is C33H34N4O2. The van der Waals surface area contributed by atoms with E-state index >= 15 is 0 Å². The van der Waals surface area contributed by atoms with E-state index < -0.39 is 5.54 Å². The molecule has 0 bridgehead atoms. The van der Waals surface area contributed by atoms with Crippen molar-refractivity contribution in [1.29, 1.82) is 0 Å². The number of fused-ring (bicyclic) bond motifs is 1. The average Bonchev–Trinajstić information content (AvgIpc) is 3.40. The van der Waals surface area contributed by atoms with E-state index in [0.717, 1.165) is 46.5 Å². The van der Waals surface area contributed by atoms with Gasteiger partial charge in [-0.1, -0.05) is 92.2 Å². The summed E-state index contributed by atoms with van der Waals surface area (Å²) in [6, 6.07) is 32.9. The van der Waals surface area contributed by atoms with Gasteiger partial charge in [0, 0.05) is 12.1 Å². The Hall–Kier alpha value is -4.58. The maximum absolute atomic E-state index is 6.20. The molecule has 0 saturated heterocycles. The van der Waals surface area contributed by atoms with Crippen LogP contribution in [0.1, 0.15) is 42.1 Å². The molecule has 6 nitrogen and oxygen atoms in total. The van der Waals surface area contributed by atoms with E-state index in [-0.39, 0.29) is 0 Å². The minimum Gasteiger partial charge on any atom is -0.497 e. The molecule has 0 saturated carbocycles. The summed E-state index contributed by atoms with van der Waals surface area (Å²) in [6.07, 6.45) is 4.55. The molecule has 0 spiro atoms. The van der Waals surface area contributed by atoms with E-state index in [1.807, 2.05) is 47.0 Å². The topological polar surface area (TPSA) is 60.7 Å². The maximum atomic E-state index is 6.20.